The van der Waals surface area contributed by atoms with Crippen molar-refractivity contribution in [2.45, 2.75) is 0 Å². The monoisotopic (exact) mass is 329 g/mol. The van der Waals surface area contributed by atoms with Crippen LogP contribution < -0.4 is 10.2 Å². The van der Waals surface area contributed by atoms with Gasteiger partial charge in [0.15, 0.2) is 0 Å². The van der Waals surface area contributed by atoms with Crippen molar-refractivity contribution in [3.63, 3.8) is 0 Å². The summed E-state index contributed by atoms with van der Waals surface area (Å²) in [6, 6.07) is 20.3. The van der Waals surface area contributed by atoms with Crippen molar-refractivity contribution >= 4 is 22.9 Å². The fourth-order valence-corrected chi connectivity index (χ4v) is 2.44. The molecule has 0 atom stereocenters. The van der Waals surface area contributed by atoms with Gasteiger partial charge in [-0.05, 0) is 40.6 Å². The van der Waals surface area contributed by atoms with E-state index in [1.165, 1.54) is 13.3 Å². The Morgan fingerprint density at radius 2 is 1.80 bits per heavy atom. The minimum atomic E-state index is -0.354. The smallest absolute Gasteiger partial charge is 0.275 e. The van der Waals surface area contributed by atoms with Gasteiger partial charge in [0, 0.05) is 0 Å². The van der Waals surface area contributed by atoms with Crippen LogP contribution in [0.15, 0.2) is 65.8 Å². The van der Waals surface area contributed by atoms with Gasteiger partial charge in [-0.15, -0.1) is 0 Å². The minimum Gasteiger partial charge on any atom is -0.496 e. The van der Waals surface area contributed by atoms with Gasteiger partial charge in [-0.2, -0.15) is 10.4 Å². The molecule has 0 saturated heterocycles. The molecule has 0 aliphatic heterocycles. The predicted molar refractivity (Wildman–Crippen MR) is 96.7 cm³/mol. The number of fused-ring (bicyclic) bond motifs is 1. The summed E-state index contributed by atoms with van der Waals surface area (Å²) < 4.78 is 5.32. The van der Waals surface area contributed by atoms with E-state index in [1.54, 1.807) is 30.3 Å². The molecule has 0 radical (unpaired) electrons. The summed E-state index contributed by atoms with van der Waals surface area (Å²) in [6.45, 7) is 0. The van der Waals surface area contributed by atoms with E-state index in [-0.39, 0.29) is 5.91 Å². The molecule has 1 amide bonds. The zero-order valence-electron chi connectivity index (χ0n) is 13.6. The Hall–Kier alpha value is -3.65. The van der Waals surface area contributed by atoms with Gasteiger partial charge in [-0.1, -0.05) is 36.4 Å². The van der Waals surface area contributed by atoms with Crippen LogP contribution in [0.4, 0.5) is 0 Å². The number of ether oxygens (including phenoxy) is 1. The number of benzene rings is 3. The molecule has 0 saturated carbocycles. The Morgan fingerprint density at radius 3 is 2.44 bits per heavy atom. The fraction of sp³-hybridized carbons (Fsp3) is 0.0500. The third-order valence-corrected chi connectivity index (χ3v) is 3.73. The second-order valence-corrected chi connectivity index (χ2v) is 5.33. The van der Waals surface area contributed by atoms with E-state index in [1.807, 2.05) is 36.4 Å². The summed E-state index contributed by atoms with van der Waals surface area (Å²) in [5, 5.41) is 14.7. The van der Waals surface area contributed by atoms with Crippen LogP contribution in [0.25, 0.3) is 10.8 Å². The first-order chi connectivity index (χ1) is 12.2. The highest BCUT2D eigenvalue weighted by Gasteiger charge is 2.13. The molecule has 3 rings (SSSR count). The number of methoxy groups -OCH3 is 1. The summed E-state index contributed by atoms with van der Waals surface area (Å²) in [7, 11) is 1.53. The molecular weight excluding hydrogens is 314 g/mol. The molecule has 0 aliphatic carbocycles. The first-order valence-corrected chi connectivity index (χ1v) is 7.61. The zero-order chi connectivity index (χ0) is 17.6. The molecule has 3 aromatic carbocycles. The molecule has 5 heteroatoms. The van der Waals surface area contributed by atoms with Crippen molar-refractivity contribution in [1.82, 2.24) is 5.43 Å². The van der Waals surface area contributed by atoms with E-state index in [9.17, 15) is 4.79 Å². The highest BCUT2D eigenvalue weighted by Crippen LogP contribution is 2.25. The minimum absolute atomic E-state index is 0.354. The molecule has 0 fully saturated rings. The fourth-order valence-electron chi connectivity index (χ4n) is 2.44. The van der Waals surface area contributed by atoms with E-state index in [0.29, 0.717) is 16.9 Å². The number of hydrazone groups is 1. The SMILES string of the molecule is COc1cc2ccccc2cc1C(=O)NN=Cc1ccc(C#N)cc1. The Labute approximate surface area is 145 Å². The van der Waals surface area contributed by atoms with Crippen LogP contribution in [0.5, 0.6) is 5.75 Å². The number of rotatable bonds is 4. The molecule has 0 unspecified atom stereocenters. The highest BCUT2D eigenvalue weighted by molar-refractivity contribution is 6.01. The lowest BCUT2D eigenvalue weighted by molar-refractivity contribution is 0.0952. The number of nitrogens with one attached hydrogen (secondary N) is 1. The Kier molecular flexibility index (Phi) is 4.72. The van der Waals surface area contributed by atoms with Gasteiger partial charge in [0.2, 0.25) is 0 Å². The number of hydrogen-bond acceptors (Lipinski definition) is 4. The molecule has 1 N–H and O–H groups in total. The molecule has 0 aromatic heterocycles. The Balaban J connectivity index is 1.79. The number of nitrogens with zero attached hydrogens (tertiary/aromatic N) is 2. The molecule has 25 heavy (non-hydrogen) atoms. The van der Waals surface area contributed by atoms with Gasteiger partial charge in [0.05, 0.1) is 30.5 Å². The van der Waals surface area contributed by atoms with Crippen molar-refractivity contribution < 1.29 is 9.53 Å². The molecule has 122 valence electrons. The van der Waals surface area contributed by atoms with Gasteiger partial charge in [0.1, 0.15) is 5.75 Å². The molecule has 0 bridgehead atoms. The summed E-state index contributed by atoms with van der Waals surface area (Å²) in [5.41, 5.74) is 4.27. The van der Waals surface area contributed by atoms with Crippen LogP contribution in [0.3, 0.4) is 0 Å². The van der Waals surface area contributed by atoms with E-state index in [4.69, 9.17) is 10.00 Å². The number of hydrogen-bond donors (Lipinski definition) is 1. The zero-order valence-corrected chi connectivity index (χ0v) is 13.6. The van der Waals surface area contributed by atoms with E-state index < -0.39 is 0 Å². The van der Waals surface area contributed by atoms with Crippen LogP contribution in [-0.2, 0) is 0 Å². The molecule has 3 aromatic rings. The molecule has 0 heterocycles. The maximum atomic E-state index is 12.4. The normalized spacial score (nSPS) is 10.6. The lowest BCUT2D eigenvalue weighted by Crippen LogP contribution is -2.18. The standard InChI is InChI=1S/C20H15N3O2/c1-25-19-11-17-5-3-2-4-16(17)10-18(19)20(24)23-22-13-15-8-6-14(12-21)7-9-15/h2-11,13H,1H3,(H,23,24). The number of nitriles is 1. The van der Waals surface area contributed by atoms with E-state index >= 15 is 0 Å². The van der Waals surface area contributed by atoms with Crippen molar-refractivity contribution in [2.24, 2.45) is 5.10 Å². The summed E-state index contributed by atoms with van der Waals surface area (Å²) in [5.74, 6) is 0.136. The topological polar surface area (TPSA) is 74.5 Å². The Morgan fingerprint density at radius 1 is 1.12 bits per heavy atom. The van der Waals surface area contributed by atoms with Crippen molar-refractivity contribution in [3.8, 4) is 11.8 Å². The van der Waals surface area contributed by atoms with Crippen LogP contribution in [0.2, 0.25) is 0 Å². The lowest BCUT2D eigenvalue weighted by Gasteiger charge is -2.09. The maximum Gasteiger partial charge on any atom is 0.275 e. The molecular formula is C20H15N3O2. The quantitative estimate of drug-likeness (QED) is 0.588. The molecule has 0 spiro atoms. The van der Waals surface area contributed by atoms with Crippen LogP contribution in [0.1, 0.15) is 21.5 Å². The lowest BCUT2D eigenvalue weighted by atomic mass is 10.1. The second kappa shape index (κ2) is 7.28. The molecule has 0 aliphatic rings. The van der Waals surface area contributed by atoms with Gasteiger partial charge in [0.25, 0.3) is 5.91 Å². The van der Waals surface area contributed by atoms with Gasteiger partial charge < -0.3 is 4.74 Å². The molecule has 5 nitrogen and oxygen atoms in total. The van der Waals surface area contributed by atoms with Gasteiger partial charge in [-0.3, -0.25) is 4.79 Å². The average Bonchev–Trinajstić information content (AvgIpc) is 2.67. The number of amides is 1. The first-order valence-electron chi connectivity index (χ1n) is 7.61. The second-order valence-electron chi connectivity index (χ2n) is 5.33. The number of carbonyl (C=O) groups is 1. The van der Waals surface area contributed by atoms with Crippen molar-refractivity contribution in [1.29, 1.82) is 5.26 Å². The first kappa shape index (κ1) is 16.2. The predicted octanol–water partition coefficient (Wildman–Crippen LogP) is 3.48. The third kappa shape index (κ3) is 3.65. The Bertz CT molecular complexity index is 986. The van der Waals surface area contributed by atoms with Crippen molar-refractivity contribution in [2.75, 3.05) is 7.11 Å². The average molecular weight is 329 g/mol. The van der Waals surface area contributed by atoms with Crippen LogP contribution >= 0.6 is 0 Å². The van der Waals surface area contributed by atoms with E-state index in [0.717, 1.165) is 16.3 Å². The summed E-state index contributed by atoms with van der Waals surface area (Å²) in [4.78, 5) is 12.4. The van der Waals surface area contributed by atoms with Crippen LogP contribution in [0, 0.1) is 11.3 Å². The summed E-state index contributed by atoms with van der Waals surface area (Å²) >= 11 is 0. The maximum absolute atomic E-state index is 12.4. The number of carbonyl (C=O) groups excluding carboxylic acids is 1. The van der Waals surface area contributed by atoms with E-state index in [2.05, 4.69) is 10.5 Å². The van der Waals surface area contributed by atoms with Crippen LogP contribution in [-0.4, -0.2) is 19.2 Å². The van der Waals surface area contributed by atoms with Gasteiger partial charge in [-0.25, -0.2) is 5.43 Å². The van der Waals surface area contributed by atoms with Gasteiger partial charge >= 0.3 is 0 Å². The highest BCUT2D eigenvalue weighted by atomic mass is 16.5. The van der Waals surface area contributed by atoms with Crippen molar-refractivity contribution in [3.05, 3.63) is 77.4 Å². The summed E-state index contributed by atoms with van der Waals surface area (Å²) in [6.07, 6.45) is 1.52. The largest absolute Gasteiger partial charge is 0.496 e. The third-order valence-electron chi connectivity index (χ3n) is 3.73.